The number of hydrogen-bond acceptors (Lipinski definition) is 2. The van der Waals surface area contributed by atoms with E-state index >= 15 is 0 Å². The summed E-state index contributed by atoms with van der Waals surface area (Å²) in [7, 11) is 0. The maximum atomic E-state index is 6.48. The molecule has 2 aromatic rings. The number of aryl methyl sites for hydroxylation is 1. The Morgan fingerprint density at radius 2 is 2.06 bits per heavy atom. The Bertz CT molecular complexity index is 550. The Morgan fingerprint density at radius 3 is 2.83 bits per heavy atom. The lowest BCUT2D eigenvalue weighted by atomic mass is 9.80. The average molecular weight is 243 g/mol. The molecule has 0 aliphatic heterocycles. The van der Waals surface area contributed by atoms with Crippen LogP contribution in [0.1, 0.15) is 43.5 Å². The smallest absolute Gasteiger partial charge is 0.109 e. The number of nitrogens with two attached hydrogens (primary N) is 1. The first kappa shape index (κ1) is 11.7. The number of imidazole rings is 1. The standard InChI is InChI=1S/C15H21N3/c1-11-5-6-12-13(9-11)18-14(17-12)10-15(16)7-3-2-4-8-15/h5-6,9H,2-4,7-8,10,16H2,1H3,(H,17,18). The molecule has 1 aliphatic rings. The Hall–Kier alpha value is -1.35. The average Bonchev–Trinajstić information content (AvgIpc) is 2.70. The van der Waals surface area contributed by atoms with Crippen LogP contribution >= 0.6 is 0 Å². The number of aromatic amines is 1. The van der Waals surface area contributed by atoms with E-state index in [-0.39, 0.29) is 5.54 Å². The van der Waals surface area contributed by atoms with Crippen LogP contribution in [0, 0.1) is 6.92 Å². The van der Waals surface area contributed by atoms with Crippen LogP contribution in [0.4, 0.5) is 0 Å². The fourth-order valence-corrected chi connectivity index (χ4v) is 3.03. The summed E-state index contributed by atoms with van der Waals surface area (Å²) >= 11 is 0. The summed E-state index contributed by atoms with van der Waals surface area (Å²) < 4.78 is 0. The van der Waals surface area contributed by atoms with Crippen LogP contribution in [0.25, 0.3) is 11.0 Å². The van der Waals surface area contributed by atoms with Gasteiger partial charge in [0, 0.05) is 12.0 Å². The minimum Gasteiger partial charge on any atom is -0.342 e. The summed E-state index contributed by atoms with van der Waals surface area (Å²) in [4.78, 5) is 8.08. The van der Waals surface area contributed by atoms with Crippen LogP contribution in [0.15, 0.2) is 18.2 Å². The Labute approximate surface area is 108 Å². The van der Waals surface area contributed by atoms with Crippen LogP contribution in [0.3, 0.4) is 0 Å². The molecule has 0 radical (unpaired) electrons. The molecule has 18 heavy (non-hydrogen) atoms. The van der Waals surface area contributed by atoms with Gasteiger partial charge in [0.1, 0.15) is 5.82 Å². The van der Waals surface area contributed by atoms with Crippen molar-refractivity contribution in [3.05, 3.63) is 29.6 Å². The second kappa shape index (κ2) is 4.39. The topological polar surface area (TPSA) is 54.7 Å². The predicted octanol–water partition coefficient (Wildman–Crippen LogP) is 3.08. The molecule has 3 heteroatoms. The highest BCUT2D eigenvalue weighted by Crippen LogP contribution is 2.29. The SMILES string of the molecule is Cc1ccc2nc(CC3(N)CCCCC3)[nH]c2c1. The summed E-state index contributed by atoms with van der Waals surface area (Å²) in [5.41, 5.74) is 9.88. The molecule has 1 saturated carbocycles. The third-order valence-corrected chi connectivity index (χ3v) is 4.06. The van der Waals surface area contributed by atoms with Crippen LogP contribution in [0.5, 0.6) is 0 Å². The molecular weight excluding hydrogens is 222 g/mol. The van der Waals surface area contributed by atoms with Gasteiger partial charge in [-0.15, -0.1) is 0 Å². The van der Waals surface area contributed by atoms with Crippen molar-refractivity contribution in [2.24, 2.45) is 5.73 Å². The Kier molecular flexibility index (Phi) is 2.86. The van der Waals surface area contributed by atoms with E-state index in [9.17, 15) is 0 Å². The number of fused-ring (bicyclic) bond motifs is 1. The fourth-order valence-electron chi connectivity index (χ4n) is 3.03. The molecule has 0 bridgehead atoms. The summed E-state index contributed by atoms with van der Waals surface area (Å²) in [5.74, 6) is 1.04. The normalized spacial score (nSPS) is 19.2. The maximum absolute atomic E-state index is 6.48. The number of benzene rings is 1. The van der Waals surface area contributed by atoms with Gasteiger partial charge in [0.15, 0.2) is 0 Å². The molecular formula is C15H21N3. The van der Waals surface area contributed by atoms with E-state index in [1.165, 1.54) is 24.8 Å². The quantitative estimate of drug-likeness (QED) is 0.851. The van der Waals surface area contributed by atoms with Gasteiger partial charge in [-0.1, -0.05) is 25.3 Å². The summed E-state index contributed by atoms with van der Waals surface area (Å²) in [6, 6.07) is 6.33. The molecule has 1 aliphatic carbocycles. The van der Waals surface area contributed by atoms with E-state index < -0.39 is 0 Å². The van der Waals surface area contributed by atoms with Gasteiger partial charge in [-0.3, -0.25) is 0 Å². The van der Waals surface area contributed by atoms with Crippen LogP contribution < -0.4 is 5.73 Å². The highest BCUT2D eigenvalue weighted by Gasteiger charge is 2.28. The number of aromatic nitrogens is 2. The van der Waals surface area contributed by atoms with Crippen molar-refractivity contribution in [1.29, 1.82) is 0 Å². The number of nitrogens with zero attached hydrogens (tertiary/aromatic N) is 1. The first-order valence-electron chi connectivity index (χ1n) is 6.89. The predicted molar refractivity (Wildman–Crippen MR) is 74.5 cm³/mol. The number of nitrogens with one attached hydrogen (secondary N) is 1. The number of H-pyrrole nitrogens is 1. The second-order valence-electron chi connectivity index (χ2n) is 5.80. The molecule has 96 valence electrons. The zero-order chi connectivity index (χ0) is 12.6. The molecule has 0 spiro atoms. The molecule has 0 saturated heterocycles. The van der Waals surface area contributed by atoms with Gasteiger partial charge in [0.25, 0.3) is 0 Å². The molecule has 1 heterocycles. The van der Waals surface area contributed by atoms with Crippen LogP contribution in [0.2, 0.25) is 0 Å². The molecule has 3 rings (SSSR count). The summed E-state index contributed by atoms with van der Waals surface area (Å²) in [5, 5.41) is 0. The molecule has 3 nitrogen and oxygen atoms in total. The number of rotatable bonds is 2. The van der Waals surface area contributed by atoms with E-state index in [1.54, 1.807) is 0 Å². The van der Waals surface area contributed by atoms with Crippen LogP contribution in [-0.2, 0) is 6.42 Å². The molecule has 0 unspecified atom stereocenters. The molecule has 1 fully saturated rings. The Morgan fingerprint density at radius 1 is 1.28 bits per heavy atom. The minimum atomic E-state index is -0.0405. The lowest BCUT2D eigenvalue weighted by Gasteiger charge is -2.32. The van der Waals surface area contributed by atoms with Crippen molar-refractivity contribution >= 4 is 11.0 Å². The van der Waals surface area contributed by atoms with Crippen molar-refractivity contribution < 1.29 is 0 Å². The first-order valence-corrected chi connectivity index (χ1v) is 6.89. The largest absolute Gasteiger partial charge is 0.342 e. The maximum Gasteiger partial charge on any atom is 0.109 e. The van der Waals surface area contributed by atoms with E-state index in [0.717, 1.165) is 36.1 Å². The van der Waals surface area contributed by atoms with Gasteiger partial charge in [0.2, 0.25) is 0 Å². The van der Waals surface area contributed by atoms with Gasteiger partial charge in [-0.25, -0.2) is 4.98 Å². The first-order chi connectivity index (χ1) is 8.65. The zero-order valence-corrected chi connectivity index (χ0v) is 11.0. The molecule has 1 aromatic carbocycles. The van der Waals surface area contributed by atoms with E-state index in [1.807, 2.05) is 0 Å². The van der Waals surface area contributed by atoms with Crippen molar-refractivity contribution in [2.45, 2.75) is 51.0 Å². The van der Waals surface area contributed by atoms with E-state index in [0.29, 0.717) is 0 Å². The third-order valence-electron chi connectivity index (χ3n) is 4.06. The molecule has 1 aromatic heterocycles. The van der Waals surface area contributed by atoms with Crippen molar-refractivity contribution in [1.82, 2.24) is 9.97 Å². The lowest BCUT2D eigenvalue weighted by molar-refractivity contribution is 0.290. The van der Waals surface area contributed by atoms with Crippen molar-refractivity contribution in [2.75, 3.05) is 0 Å². The highest BCUT2D eigenvalue weighted by molar-refractivity contribution is 5.75. The zero-order valence-electron chi connectivity index (χ0n) is 11.0. The van der Waals surface area contributed by atoms with Crippen molar-refractivity contribution in [3.8, 4) is 0 Å². The van der Waals surface area contributed by atoms with Gasteiger partial charge in [-0.2, -0.15) is 0 Å². The minimum absolute atomic E-state index is 0.0405. The summed E-state index contributed by atoms with van der Waals surface area (Å²) in [6.07, 6.45) is 6.98. The van der Waals surface area contributed by atoms with Gasteiger partial charge >= 0.3 is 0 Å². The molecule has 0 atom stereocenters. The van der Waals surface area contributed by atoms with Gasteiger partial charge < -0.3 is 10.7 Å². The summed E-state index contributed by atoms with van der Waals surface area (Å²) in [6.45, 7) is 2.10. The van der Waals surface area contributed by atoms with Crippen LogP contribution in [-0.4, -0.2) is 15.5 Å². The highest BCUT2D eigenvalue weighted by atomic mass is 14.9. The Balaban J connectivity index is 1.86. The van der Waals surface area contributed by atoms with E-state index in [4.69, 9.17) is 5.73 Å². The second-order valence-corrected chi connectivity index (χ2v) is 5.80. The van der Waals surface area contributed by atoms with E-state index in [2.05, 4.69) is 35.1 Å². The monoisotopic (exact) mass is 243 g/mol. The fraction of sp³-hybridized carbons (Fsp3) is 0.533. The van der Waals surface area contributed by atoms with Gasteiger partial charge in [-0.05, 0) is 37.5 Å². The third kappa shape index (κ3) is 2.27. The lowest BCUT2D eigenvalue weighted by Crippen LogP contribution is -2.44. The molecule has 0 amide bonds. The van der Waals surface area contributed by atoms with Gasteiger partial charge in [0.05, 0.1) is 11.0 Å². The van der Waals surface area contributed by atoms with Crippen molar-refractivity contribution in [3.63, 3.8) is 0 Å². The molecule has 3 N–H and O–H groups in total. The number of hydrogen-bond donors (Lipinski definition) is 2.